The maximum Gasteiger partial charge on any atom is 0.230 e. The highest BCUT2D eigenvalue weighted by Crippen LogP contribution is 2.48. The molecule has 0 bridgehead atoms. The first-order valence-electron chi connectivity index (χ1n) is 12.2. The van der Waals surface area contributed by atoms with Gasteiger partial charge in [0.1, 0.15) is 0 Å². The van der Waals surface area contributed by atoms with E-state index in [9.17, 15) is 4.79 Å². The molecule has 36 heavy (non-hydrogen) atoms. The average molecular weight is 510 g/mol. The molecule has 5 atom stereocenters. The molecule has 2 N–H and O–H groups in total. The summed E-state index contributed by atoms with van der Waals surface area (Å²) in [6.07, 6.45) is 2.49. The highest BCUT2D eigenvalue weighted by Gasteiger charge is 2.47. The van der Waals surface area contributed by atoms with Crippen molar-refractivity contribution in [2.24, 2.45) is 11.7 Å². The van der Waals surface area contributed by atoms with Crippen LogP contribution < -0.4 is 10.6 Å². The number of carbonyl (C=O) groups is 1. The topological polar surface area (TPSA) is 77.7 Å². The second kappa shape index (κ2) is 12.5. The summed E-state index contributed by atoms with van der Waals surface area (Å²) in [7, 11) is 3.35. The molecule has 0 saturated heterocycles. The molecule has 0 radical (unpaired) electrons. The Kier molecular flexibility index (Phi) is 9.63. The van der Waals surface area contributed by atoms with Crippen LogP contribution in [0.1, 0.15) is 43.5 Å². The summed E-state index contributed by atoms with van der Waals surface area (Å²) in [5, 5.41) is 0. The molecule has 1 heterocycles. The largest absolute Gasteiger partial charge is 0.380 e. The van der Waals surface area contributed by atoms with Crippen molar-refractivity contribution in [1.82, 2.24) is 4.98 Å². The quantitative estimate of drug-likeness (QED) is 0.397. The average Bonchev–Trinajstić information content (AvgIpc) is 3.72. The van der Waals surface area contributed by atoms with E-state index in [0.717, 1.165) is 34.5 Å². The Morgan fingerprint density at radius 2 is 1.64 bits per heavy atom. The number of pyridine rings is 1. The lowest BCUT2D eigenvalue weighted by molar-refractivity contribution is -0.120. The number of nitrogens with zero attached hydrogens (tertiary/aromatic N) is 2. The first kappa shape index (κ1) is 27.8. The molecule has 1 fully saturated rings. The predicted molar refractivity (Wildman–Crippen MR) is 146 cm³/mol. The van der Waals surface area contributed by atoms with E-state index >= 15 is 0 Å². The van der Waals surface area contributed by atoms with Crippen molar-refractivity contribution >= 4 is 24.0 Å². The number of carbonyl (C=O) groups excluding carboxylic acids is 1. The van der Waals surface area contributed by atoms with Crippen LogP contribution in [0.15, 0.2) is 72.9 Å². The number of aromatic nitrogens is 1. The van der Waals surface area contributed by atoms with E-state index in [2.05, 4.69) is 41.4 Å². The van der Waals surface area contributed by atoms with Crippen LogP contribution in [0.2, 0.25) is 0 Å². The molecule has 1 saturated carbocycles. The van der Waals surface area contributed by atoms with Crippen LogP contribution in [0.25, 0.3) is 11.1 Å². The molecule has 3 aromatic rings. The zero-order valence-electron chi connectivity index (χ0n) is 21.3. The van der Waals surface area contributed by atoms with E-state index in [-0.39, 0.29) is 48.4 Å². The van der Waals surface area contributed by atoms with Crippen LogP contribution in [-0.4, -0.2) is 43.8 Å². The molecule has 1 aliphatic carbocycles. The van der Waals surface area contributed by atoms with Gasteiger partial charge in [-0.3, -0.25) is 9.78 Å². The second-order valence-electron chi connectivity index (χ2n) is 9.30. The minimum absolute atomic E-state index is 0. The highest BCUT2D eigenvalue weighted by molar-refractivity contribution is 5.97. The van der Waals surface area contributed by atoms with E-state index in [1.807, 2.05) is 49.1 Å². The fourth-order valence-corrected chi connectivity index (χ4v) is 4.36. The van der Waals surface area contributed by atoms with E-state index in [0.29, 0.717) is 6.54 Å². The molecule has 192 valence electrons. The predicted octanol–water partition coefficient (Wildman–Crippen LogP) is 5.38. The van der Waals surface area contributed by atoms with Crippen molar-refractivity contribution in [3.8, 4) is 11.1 Å². The van der Waals surface area contributed by atoms with Gasteiger partial charge in [0.05, 0.1) is 12.2 Å². The van der Waals surface area contributed by atoms with Gasteiger partial charge in [0.15, 0.2) is 0 Å². The van der Waals surface area contributed by atoms with Crippen LogP contribution in [0.3, 0.4) is 0 Å². The molecular weight excluding hydrogens is 474 g/mol. The Morgan fingerprint density at radius 1 is 1.00 bits per heavy atom. The van der Waals surface area contributed by atoms with Crippen molar-refractivity contribution in [2.75, 3.05) is 25.7 Å². The first-order valence-corrected chi connectivity index (χ1v) is 12.2. The van der Waals surface area contributed by atoms with Gasteiger partial charge < -0.3 is 20.1 Å². The van der Waals surface area contributed by atoms with E-state index in [4.69, 9.17) is 15.2 Å². The number of ether oxygens (including phenoxy) is 2. The second-order valence-corrected chi connectivity index (χ2v) is 9.30. The van der Waals surface area contributed by atoms with Gasteiger partial charge >= 0.3 is 0 Å². The maximum atomic E-state index is 13.6. The lowest BCUT2D eigenvalue weighted by Gasteiger charge is -2.29. The molecule has 0 aliphatic heterocycles. The minimum atomic E-state index is -0.300. The normalized spacial score (nSPS) is 19.0. The van der Waals surface area contributed by atoms with Crippen molar-refractivity contribution in [3.05, 3.63) is 84.2 Å². The molecule has 0 spiro atoms. The van der Waals surface area contributed by atoms with Gasteiger partial charge in [-0.2, -0.15) is 0 Å². The standard InChI is InChI=1S/C29H35N3O3.ClH/c1-19(34-3)21-8-10-22(11-9-21)23-12-14-24(15-13-23)32(18-27(30)20(2)35-4)29(33)26-17-25(26)28-7-5-6-16-31-28;/h5-16,19-20,25-27H,17-18,30H2,1-4H3;1H/t19-,20+,25+,26+,27+;/m0./s1. The lowest BCUT2D eigenvalue weighted by atomic mass is 10.0. The number of rotatable bonds is 10. The number of anilines is 1. The highest BCUT2D eigenvalue weighted by atomic mass is 35.5. The third kappa shape index (κ3) is 6.31. The minimum Gasteiger partial charge on any atom is -0.380 e. The number of halogens is 1. The Hall–Kier alpha value is -2.77. The first-order chi connectivity index (χ1) is 16.9. The lowest BCUT2D eigenvalue weighted by Crippen LogP contribution is -2.47. The van der Waals surface area contributed by atoms with Crippen molar-refractivity contribution in [2.45, 2.75) is 44.4 Å². The molecular formula is C29H36ClN3O3. The third-order valence-electron chi connectivity index (χ3n) is 7.06. The molecule has 1 aliphatic rings. The summed E-state index contributed by atoms with van der Waals surface area (Å²) in [5.41, 5.74) is 11.6. The molecule has 2 aromatic carbocycles. The smallest absolute Gasteiger partial charge is 0.230 e. The third-order valence-corrected chi connectivity index (χ3v) is 7.06. The summed E-state index contributed by atoms with van der Waals surface area (Å²) < 4.78 is 10.8. The van der Waals surface area contributed by atoms with E-state index < -0.39 is 0 Å². The number of benzene rings is 2. The molecule has 1 amide bonds. The Labute approximate surface area is 220 Å². The van der Waals surface area contributed by atoms with Crippen LogP contribution in [0, 0.1) is 5.92 Å². The summed E-state index contributed by atoms with van der Waals surface area (Å²) in [5.74, 6) is 0.171. The van der Waals surface area contributed by atoms with Crippen molar-refractivity contribution in [3.63, 3.8) is 0 Å². The zero-order valence-corrected chi connectivity index (χ0v) is 22.2. The SMILES string of the molecule is CO[C@@H](C)c1ccc(-c2ccc(N(C[C@@H](N)[C@@H](C)OC)C(=O)[C@@H]3C[C@H]3c3ccccn3)cc2)cc1.Cl. The van der Waals surface area contributed by atoms with Crippen molar-refractivity contribution in [1.29, 1.82) is 0 Å². The fourth-order valence-electron chi connectivity index (χ4n) is 4.36. The van der Waals surface area contributed by atoms with E-state index in [1.54, 1.807) is 20.4 Å². The zero-order chi connectivity index (χ0) is 24.9. The Morgan fingerprint density at radius 3 is 2.19 bits per heavy atom. The number of amides is 1. The number of nitrogens with two attached hydrogens (primary N) is 1. The van der Waals surface area contributed by atoms with E-state index in [1.165, 1.54) is 0 Å². The number of methoxy groups -OCH3 is 2. The van der Waals surface area contributed by atoms with Crippen LogP contribution in [-0.2, 0) is 14.3 Å². The molecule has 7 heteroatoms. The van der Waals surface area contributed by atoms with Gasteiger partial charge in [-0.15, -0.1) is 12.4 Å². The van der Waals surface area contributed by atoms with Crippen LogP contribution in [0.4, 0.5) is 5.69 Å². The van der Waals surface area contributed by atoms with Gasteiger partial charge in [0.2, 0.25) is 5.91 Å². The fraction of sp³-hybridized carbons (Fsp3) is 0.379. The molecule has 1 aromatic heterocycles. The van der Waals surface area contributed by atoms with Gasteiger partial charge in [-0.1, -0.05) is 42.5 Å². The summed E-state index contributed by atoms with van der Waals surface area (Å²) in [6.45, 7) is 4.35. The maximum absolute atomic E-state index is 13.6. The number of hydrogen-bond acceptors (Lipinski definition) is 5. The monoisotopic (exact) mass is 509 g/mol. The van der Waals surface area contributed by atoms with Gasteiger partial charge in [-0.25, -0.2) is 0 Å². The molecule has 0 unspecified atom stereocenters. The van der Waals surface area contributed by atoms with Crippen molar-refractivity contribution < 1.29 is 14.3 Å². The summed E-state index contributed by atoms with van der Waals surface area (Å²) >= 11 is 0. The van der Waals surface area contributed by atoms with Crippen LogP contribution in [0.5, 0.6) is 0 Å². The Bertz CT molecular complexity index is 1110. The summed E-state index contributed by atoms with van der Waals surface area (Å²) in [6, 6.07) is 22.0. The van der Waals surface area contributed by atoms with Gasteiger partial charge in [0.25, 0.3) is 0 Å². The van der Waals surface area contributed by atoms with Gasteiger partial charge in [0, 0.05) is 56.2 Å². The molecule has 4 rings (SSSR count). The van der Waals surface area contributed by atoms with Crippen LogP contribution >= 0.6 is 12.4 Å². The molecule has 6 nitrogen and oxygen atoms in total. The Balaban J connectivity index is 0.00000361. The van der Waals surface area contributed by atoms with Gasteiger partial charge in [-0.05, 0) is 61.2 Å². The summed E-state index contributed by atoms with van der Waals surface area (Å²) in [4.78, 5) is 19.9. The number of hydrogen-bond donors (Lipinski definition) is 1.